The molecule has 1 aliphatic heterocycles. The number of rotatable bonds is 3. The topological polar surface area (TPSA) is 48.3 Å². The first-order chi connectivity index (χ1) is 7.79. The summed E-state index contributed by atoms with van der Waals surface area (Å²) in [7, 11) is 0. The molecule has 0 aromatic carbocycles. The van der Waals surface area contributed by atoms with E-state index in [-0.39, 0.29) is 5.97 Å². The van der Waals surface area contributed by atoms with Gasteiger partial charge in [0, 0.05) is 13.0 Å². The quantitative estimate of drug-likeness (QED) is 0.570. The monoisotopic (exact) mass is 219 g/mol. The van der Waals surface area contributed by atoms with Gasteiger partial charge in [-0.25, -0.2) is 4.79 Å². The smallest absolute Gasteiger partial charge is 0.355 e. The van der Waals surface area contributed by atoms with Crippen LogP contribution in [0.15, 0.2) is 6.07 Å². The van der Waals surface area contributed by atoms with Crippen molar-refractivity contribution in [3.8, 4) is 0 Å². The van der Waals surface area contributed by atoms with Gasteiger partial charge in [-0.2, -0.15) is 0 Å². The van der Waals surface area contributed by atoms with E-state index in [9.17, 15) is 9.59 Å². The minimum Gasteiger partial charge on any atom is -0.461 e. The van der Waals surface area contributed by atoms with Crippen molar-refractivity contribution in [2.75, 3.05) is 6.61 Å². The average molecular weight is 219 g/mol. The maximum atomic E-state index is 11.7. The summed E-state index contributed by atoms with van der Waals surface area (Å²) in [6.45, 7) is 1.20. The third-order valence-corrected chi connectivity index (χ3v) is 3.26. The first-order valence-corrected chi connectivity index (χ1v) is 5.64. The molecule has 0 spiro atoms. The van der Waals surface area contributed by atoms with Gasteiger partial charge in [-0.15, -0.1) is 0 Å². The Morgan fingerprint density at radius 1 is 1.50 bits per heavy atom. The minimum atomic E-state index is -0.282. The molecule has 1 fully saturated rings. The Morgan fingerprint density at radius 2 is 2.31 bits per heavy atom. The highest BCUT2D eigenvalue weighted by Gasteiger charge is 2.29. The van der Waals surface area contributed by atoms with Crippen molar-refractivity contribution >= 4 is 12.3 Å². The standard InChI is InChI=1S/C12H13NO3/c14-7-10-5-9-3-4-16-12(15)11(9)13(10)6-8-1-2-8/h5,7-8H,1-4,6H2. The zero-order chi connectivity index (χ0) is 11.1. The number of hydrogen-bond acceptors (Lipinski definition) is 3. The molecule has 1 aliphatic carbocycles. The molecule has 4 heteroatoms. The van der Waals surface area contributed by atoms with E-state index < -0.39 is 0 Å². The molecule has 0 unspecified atom stereocenters. The number of fused-ring (bicyclic) bond motifs is 1. The Balaban J connectivity index is 2.06. The lowest BCUT2D eigenvalue weighted by Crippen LogP contribution is -2.21. The molecular weight excluding hydrogens is 206 g/mol. The molecule has 1 aromatic heterocycles. The Morgan fingerprint density at radius 3 is 3.00 bits per heavy atom. The Bertz CT molecular complexity index is 457. The van der Waals surface area contributed by atoms with Crippen LogP contribution >= 0.6 is 0 Å². The third kappa shape index (κ3) is 1.45. The largest absolute Gasteiger partial charge is 0.461 e. The van der Waals surface area contributed by atoms with Gasteiger partial charge in [0.2, 0.25) is 0 Å². The Kier molecular flexibility index (Phi) is 2.09. The second-order valence-electron chi connectivity index (χ2n) is 4.50. The zero-order valence-electron chi connectivity index (χ0n) is 8.94. The highest BCUT2D eigenvalue weighted by atomic mass is 16.5. The lowest BCUT2D eigenvalue weighted by Gasteiger charge is -2.15. The van der Waals surface area contributed by atoms with Crippen LogP contribution in [0.1, 0.15) is 39.4 Å². The second kappa shape index (κ2) is 3.47. The number of carbonyl (C=O) groups is 2. The van der Waals surface area contributed by atoms with Crippen molar-refractivity contribution in [3.63, 3.8) is 0 Å². The van der Waals surface area contributed by atoms with E-state index in [4.69, 9.17) is 4.74 Å². The number of hydrogen-bond donors (Lipinski definition) is 0. The van der Waals surface area contributed by atoms with Gasteiger partial charge in [0.25, 0.3) is 0 Å². The Labute approximate surface area is 93.2 Å². The molecule has 0 saturated heterocycles. The molecule has 0 atom stereocenters. The van der Waals surface area contributed by atoms with Crippen molar-refractivity contribution in [2.24, 2.45) is 5.92 Å². The van der Waals surface area contributed by atoms with Crippen LogP contribution in [-0.2, 0) is 17.7 Å². The summed E-state index contributed by atoms with van der Waals surface area (Å²) >= 11 is 0. The molecule has 2 aliphatic rings. The molecule has 0 bridgehead atoms. The molecule has 0 N–H and O–H groups in total. The first-order valence-electron chi connectivity index (χ1n) is 5.64. The number of carbonyl (C=O) groups excluding carboxylic acids is 2. The SMILES string of the molecule is O=Cc1cc2c(n1CC1CC1)C(=O)OCC2. The summed E-state index contributed by atoms with van der Waals surface area (Å²) in [5.74, 6) is 0.347. The van der Waals surface area contributed by atoms with Crippen LogP contribution in [0.5, 0.6) is 0 Å². The summed E-state index contributed by atoms with van der Waals surface area (Å²) in [4.78, 5) is 22.7. The first kappa shape index (κ1) is 9.63. The zero-order valence-corrected chi connectivity index (χ0v) is 8.94. The van der Waals surface area contributed by atoms with Gasteiger partial charge in [-0.05, 0) is 30.4 Å². The van der Waals surface area contributed by atoms with E-state index >= 15 is 0 Å². The van der Waals surface area contributed by atoms with E-state index in [1.54, 1.807) is 0 Å². The molecule has 0 amide bonds. The highest BCUT2D eigenvalue weighted by molar-refractivity contribution is 5.92. The van der Waals surface area contributed by atoms with Crippen molar-refractivity contribution in [2.45, 2.75) is 25.8 Å². The van der Waals surface area contributed by atoms with E-state index in [1.165, 1.54) is 12.8 Å². The summed E-state index contributed by atoms with van der Waals surface area (Å²) in [6.07, 6.45) is 3.94. The van der Waals surface area contributed by atoms with Crippen LogP contribution in [0.4, 0.5) is 0 Å². The number of nitrogens with zero attached hydrogens (tertiary/aromatic N) is 1. The molecule has 0 radical (unpaired) electrons. The van der Waals surface area contributed by atoms with Crippen molar-refractivity contribution in [1.29, 1.82) is 0 Å². The van der Waals surface area contributed by atoms with E-state index in [0.717, 1.165) is 24.8 Å². The number of aldehydes is 1. The minimum absolute atomic E-state index is 0.282. The fraction of sp³-hybridized carbons (Fsp3) is 0.500. The van der Waals surface area contributed by atoms with E-state index in [1.807, 2.05) is 10.6 Å². The van der Waals surface area contributed by atoms with Crippen molar-refractivity contribution in [3.05, 3.63) is 23.0 Å². The number of esters is 1. The van der Waals surface area contributed by atoms with Gasteiger partial charge in [0.05, 0.1) is 12.3 Å². The normalized spacial score (nSPS) is 19.1. The van der Waals surface area contributed by atoms with E-state index in [0.29, 0.717) is 23.9 Å². The average Bonchev–Trinajstić information content (AvgIpc) is 3.00. The Hall–Kier alpha value is -1.58. The number of aromatic nitrogens is 1. The van der Waals surface area contributed by atoms with E-state index in [2.05, 4.69) is 0 Å². The summed E-state index contributed by atoms with van der Waals surface area (Å²) in [5.41, 5.74) is 2.16. The summed E-state index contributed by atoms with van der Waals surface area (Å²) < 4.78 is 6.86. The fourth-order valence-corrected chi connectivity index (χ4v) is 2.23. The molecule has 1 saturated carbocycles. The highest BCUT2D eigenvalue weighted by Crippen LogP contribution is 2.33. The number of cyclic esters (lactones) is 1. The molecule has 84 valence electrons. The van der Waals surface area contributed by atoms with Crippen LogP contribution < -0.4 is 0 Å². The second-order valence-corrected chi connectivity index (χ2v) is 4.50. The maximum absolute atomic E-state index is 11.7. The van der Waals surface area contributed by atoms with Gasteiger partial charge in [0.15, 0.2) is 6.29 Å². The molecule has 1 aromatic rings. The molecule has 16 heavy (non-hydrogen) atoms. The number of ether oxygens (including phenoxy) is 1. The van der Waals surface area contributed by atoms with Gasteiger partial charge < -0.3 is 9.30 Å². The van der Waals surface area contributed by atoms with Crippen LogP contribution in [0.25, 0.3) is 0 Å². The lowest BCUT2D eigenvalue weighted by atomic mass is 10.1. The molecule has 4 nitrogen and oxygen atoms in total. The maximum Gasteiger partial charge on any atom is 0.355 e. The predicted molar refractivity (Wildman–Crippen MR) is 56.5 cm³/mol. The van der Waals surface area contributed by atoms with Crippen molar-refractivity contribution < 1.29 is 14.3 Å². The fourth-order valence-electron chi connectivity index (χ4n) is 2.23. The van der Waals surface area contributed by atoms with Crippen molar-refractivity contribution in [1.82, 2.24) is 4.57 Å². The summed E-state index contributed by atoms with van der Waals surface area (Å²) in [6, 6.07) is 1.82. The molecular formula is C12H13NO3. The van der Waals surface area contributed by atoms with Gasteiger partial charge in [-0.3, -0.25) is 4.79 Å². The van der Waals surface area contributed by atoms with Crippen LogP contribution in [0, 0.1) is 5.92 Å². The molecule has 2 heterocycles. The molecule has 3 rings (SSSR count). The van der Waals surface area contributed by atoms with Crippen LogP contribution in [-0.4, -0.2) is 23.4 Å². The van der Waals surface area contributed by atoms with Crippen LogP contribution in [0.2, 0.25) is 0 Å². The third-order valence-electron chi connectivity index (χ3n) is 3.26. The predicted octanol–water partition coefficient (Wildman–Crippen LogP) is 1.42. The van der Waals surface area contributed by atoms with Crippen LogP contribution in [0.3, 0.4) is 0 Å². The summed E-state index contributed by atoms with van der Waals surface area (Å²) in [5, 5.41) is 0. The van der Waals surface area contributed by atoms with Gasteiger partial charge in [-0.1, -0.05) is 0 Å². The van der Waals surface area contributed by atoms with Gasteiger partial charge in [0.1, 0.15) is 5.69 Å². The lowest BCUT2D eigenvalue weighted by molar-refractivity contribution is 0.0466. The van der Waals surface area contributed by atoms with Gasteiger partial charge >= 0.3 is 5.97 Å².